The molecule has 2 aliphatic rings. The summed E-state index contributed by atoms with van der Waals surface area (Å²) in [5.41, 5.74) is 2.33. The Hall–Kier alpha value is -1.74. The molecule has 1 aromatic heterocycles. The molecule has 0 saturated carbocycles. The van der Waals surface area contributed by atoms with E-state index in [4.69, 9.17) is 0 Å². The number of hydrogen-bond donors (Lipinski definition) is 0. The molecule has 0 N–H and O–H groups in total. The van der Waals surface area contributed by atoms with E-state index in [-0.39, 0.29) is 11.9 Å². The van der Waals surface area contributed by atoms with Crippen LogP contribution in [0.3, 0.4) is 0 Å². The topological polar surface area (TPSA) is 60.9 Å². The third-order valence-corrected chi connectivity index (χ3v) is 8.90. The van der Waals surface area contributed by atoms with Crippen molar-refractivity contribution in [1.82, 2.24) is 14.1 Å². The molecule has 1 aromatic carbocycles. The van der Waals surface area contributed by atoms with E-state index < -0.39 is 10.0 Å². The summed E-state index contributed by atoms with van der Waals surface area (Å²) in [5, 5.41) is 4.26. The summed E-state index contributed by atoms with van der Waals surface area (Å²) in [7, 11) is -3.52. The number of amides is 1. The quantitative estimate of drug-likeness (QED) is 0.707. The van der Waals surface area contributed by atoms with E-state index in [2.05, 4.69) is 21.7 Å². The number of nitrogens with zero attached hydrogens (tertiary/aromatic N) is 3. The van der Waals surface area contributed by atoms with Crippen LogP contribution in [0.1, 0.15) is 36.9 Å². The van der Waals surface area contributed by atoms with Gasteiger partial charge in [-0.1, -0.05) is 17.7 Å². The van der Waals surface area contributed by atoms with E-state index in [0.29, 0.717) is 37.1 Å². The van der Waals surface area contributed by atoms with Crippen molar-refractivity contribution >= 4 is 27.3 Å². The minimum Gasteiger partial charge on any atom is -0.339 e. The highest BCUT2D eigenvalue weighted by molar-refractivity contribution is 7.89. The first-order valence-electron chi connectivity index (χ1n) is 10.5. The zero-order valence-electron chi connectivity index (χ0n) is 17.5. The Kier molecular flexibility index (Phi) is 6.29. The van der Waals surface area contributed by atoms with Crippen LogP contribution in [0, 0.1) is 6.92 Å². The van der Waals surface area contributed by atoms with Crippen LogP contribution in [0.5, 0.6) is 0 Å². The Labute approximate surface area is 183 Å². The van der Waals surface area contributed by atoms with Crippen molar-refractivity contribution in [3.8, 4) is 0 Å². The average Bonchev–Trinajstić information content (AvgIpc) is 3.44. The predicted octanol–water partition coefficient (Wildman–Crippen LogP) is 3.12. The van der Waals surface area contributed by atoms with Crippen molar-refractivity contribution < 1.29 is 13.2 Å². The molecule has 162 valence electrons. The molecule has 0 radical (unpaired) electrons. The highest BCUT2D eigenvalue weighted by atomic mass is 32.2. The van der Waals surface area contributed by atoms with Gasteiger partial charge in [0.2, 0.25) is 15.9 Å². The van der Waals surface area contributed by atoms with Gasteiger partial charge in [-0.2, -0.15) is 15.6 Å². The van der Waals surface area contributed by atoms with Gasteiger partial charge in [0.25, 0.3) is 0 Å². The van der Waals surface area contributed by atoms with Gasteiger partial charge in [0, 0.05) is 32.2 Å². The van der Waals surface area contributed by atoms with Gasteiger partial charge in [0.1, 0.15) is 0 Å². The number of sulfonamides is 1. The molecule has 30 heavy (non-hydrogen) atoms. The first-order valence-corrected chi connectivity index (χ1v) is 12.9. The van der Waals surface area contributed by atoms with Crippen LogP contribution >= 0.6 is 11.3 Å². The molecule has 1 amide bonds. The van der Waals surface area contributed by atoms with Crippen molar-refractivity contribution in [1.29, 1.82) is 0 Å². The number of aryl methyl sites for hydroxylation is 1. The van der Waals surface area contributed by atoms with Gasteiger partial charge in [-0.15, -0.1) is 0 Å². The fourth-order valence-corrected chi connectivity index (χ4v) is 6.62. The van der Waals surface area contributed by atoms with Crippen LogP contribution in [-0.4, -0.2) is 67.2 Å². The van der Waals surface area contributed by atoms with E-state index in [1.54, 1.807) is 23.5 Å². The Morgan fingerprint density at radius 2 is 1.77 bits per heavy atom. The Morgan fingerprint density at radius 3 is 2.40 bits per heavy atom. The number of carbonyl (C=O) groups is 1. The largest absolute Gasteiger partial charge is 0.339 e. The van der Waals surface area contributed by atoms with E-state index in [0.717, 1.165) is 24.9 Å². The molecule has 0 bridgehead atoms. The van der Waals surface area contributed by atoms with Crippen LogP contribution in [0.15, 0.2) is 46.0 Å². The number of rotatable bonds is 5. The maximum Gasteiger partial charge on any atom is 0.243 e. The summed E-state index contributed by atoms with van der Waals surface area (Å²) in [4.78, 5) is 17.6. The third kappa shape index (κ3) is 4.19. The molecule has 3 heterocycles. The number of piperazine rings is 1. The minimum absolute atomic E-state index is 0.101. The lowest BCUT2D eigenvalue weighted by Gasteiger charge is -2.38. The molecule has 4 rings (SSSR count). The SMILES string of the molecule is Cc1ccc(S(=O)(=O)N2CCN(C(=O)[C@@H](C)N3CCC[C@@H]3c3ccsc3)CC2)cc1. The van der Waals surface area contributed by atoms with Gasteiger partial charge in [0.15, 0.2) is 0 Å². The molecule has 2 atom stereocenters. The lowest BCUT2D eigenvalue weighted by molar-refractivity contribution is -0.138. The van der Waals surface area contributed by atoms with Gasteiger partial charge < -0.3 is 4.90 Å². The summed E-state index contributed by atoms with van der Waals surface area (Å²) < 4.78 is 27.3. The van der Waals surface area contributed by atoms with Gasteiger partial charge >= 0.3 is 0 Å². The smallest absolute Gasteiger partial charge is 0.243 e. The van der Waals surface area contributed by atoms with Gasteiger partial charge in [-0.25, -0.2) is 8.42 Å². The zero-order chi connectivity index (χ0) is 21.3. The van der Waals surface area contributed by atoms with Gasteiger partial charge in [-0.05, 0) is 67.8 Å². The number of hydrogen-bond acceptors (Lipinski definition) is 5. The normalized spacial score (nSPS) is 22.3. The second-order valence-corrected chi connectivity index (χ2v) is 10.9. The van der Waals surface area contributed by atoms with Crippen LogP contribution in [0.25, 0.3) is 0 Å². The molecule has 0 unspecified atom stereocenters. The molecular formula is C22H29N3O3S2. The Bertz CT molecular complexity index is 966. The fourth-order valence-electron chi connectivity index (χ4n) is 4.49. The molecule has 2 saturated heterocycles. The maximum atomic E-state index is 13.2. The van der Waals surface area contributed by atoms with Crippen molar-refractivity contribution in [2.75, 3.05) is 32.7 Å². The molecule has 8 heteroatoms. The summed E-state index contributed by atoms with van der Waals surface area (Å²) in [6.45, 7) is 6.39. The van der Waals surface area contributed by atoms with Crippen molar-refractivity contribution in [2.24, 2.45) is 0 Å². The van der Waals surface area contributed by atoms with Gasteiger partial charge in [-0.3, -0.25) is 9.69 Å². The molecule has 2 fully saturated rings. The molecule has 6 nitrogen and oxygen atoms in total. The van der Waals surface area contributed by atoms with Crippen LogP contribution in [0.4, 0.5) is 0 Å². The predicted molar refractivity (Wildman–Crippen MR) is 119 cm³/mol. The van der Waals surface area contributed by atoms with Crippen LogP contribution < -0.4 is 0 Å². The first kappa shape index (κ1) is 21.5. The number of thiophene rings is 1. The average molecular weight is 448 g/mol. The van der Waals surface area contributed by atoms with Gasteiger partial charge in [0.05, 0.1) is 10.9 Å². The standard InChI is InChI=1S/C22H29N3O3S2/c1-17-5-7-20(8-6-17)30(27,28)24-13-11-23(12-14-24)22(26)18(2)25-10-3-4-21(25)19-9-15-29-16-19/h5-9,15-16,18,21H,3-4,10-14H2,1-2H3/t18-,21-/m1/s1. The molecule has 2 aliphatic heterocycles. The fraction of sp³-hybridized carbons (Fsp3) is 0.500. The summed E-state index contributed by atoms with van der Waals surface area (Å²) in [5.74, 6) is 0.101. The van der Waals surface area contributed by atoms with Crippen molar-refractivity contribution in [2.45, 2.75) is 43.7 Å². The van der Waals surface area contributed by atoms with Crippen LogP contribution in [-0.2, 0) is 14.8 Å². The minimum atomic E-state index is -3.52. The van der Waals surface area contributed by atoms with E-state index in [1.165, 1.54) is 9.87 Å². The van der Waals surface area contributed by atoms with E-state index >= 15 is 0 Å². The highest BCUT2D eigenvalue weighted by Crippen LogP contribution is 2.35. The van der Waals surface area contributed by atoms with Crippen molar-refractivity contribution in [3.05, 3.63) is 52.2 Å². The number of benzene rings is 1. The molecule has 0 spiro atoms. The summed E-state index contributed by atoms with van der Waals surface area (Å²) >= 11 is 1.69. The Balaban J connectivity index is 1.39. The summed E-state index contributed by atoms with van der Waals surface area (Å²) in [6.07, 6.45) is 2.18. The molecule has 0 aliphatic carbocycles. The number of carbonyl (C=O) groups excluding carboxylic acids is 1. The highest BCUT2D eigenvalue weighted by Gasteiger charge is 2.37. The number of likely N-dealkylation sites (tertiary alicyclic amines) is 1. The zero-order valence-corrected chi connectivity index (χ0v) is 19.2. The second kappa shape index (κ2) is 8.78. The van der Waals surface area contributed by atoms with E-state index in [1.807, 2.05) is 30.9 Å². The lowest BCUT2D eigenvalue weighted by Crippen LogP contribution is -2.55. The van der Waals surface area contributed by atoms with Crippen LogP contribution in [0.2, 0.25) is 0 Å². The molecule has 2 aromatic rings. The lowest BCUT2D eigenvalue weighted by atomic mass is 10.1. The summed E-state index contributed by atoms with van der Waals surface area (Å²) in [6, 6.07) is 9.20. The monoisotopic (exact) mass is 447 g/mol. The first-order chi connectivity index (χ1) is 14.4. The molecular weight excluding hydrogens is 418 g/mol. The Morgan fingerprint density at radius 1 is 1.07 bits per heavy atom. The van der Waals surface area contributed by atoms with Crippen molar-refractivity contribution in [3.63, 3.8) is 0 Å². The second-order valence-electron chi connectivity index (χ2n) is 8.17. The third-order valence-electron chi connectivity index (χ3n) is 6.29. The maximum absolute atomic E-state index is 13.2. The van der Waals surface area contributed by atoms with E-state index in [9.17, 15) is 13.2 Å².